The van der Waals surface area contributed by atoms with Crippen LogP contribution in [0.15, 0.2) is 16.7 Å². The van der Waals surface area contributed by atoms with Crippen LogP contribution in [0, 0.1) is 12.8 Å². The Balaban J connectivity index is 1.70. The zero-order valence-corrected chi connectivity index (χ0v) is 16.0. The van der Waals surface area contributed by atoms with Crippen molar-refractivity contribution in [3.05, 3.63) is 29.4 Å². The third-order valence-electron chi connectivity index (χ3n) is 4.78. The number of aromatic nitrogens is 5. The Hall–Kier alpha value is -2.98. The fourth-order valence-electron chi connectivity index (χ4n) is 3.07. The highest BCUT2D eigenvalue weighted by Crippen LogP contribution is 2.40. The van der Waals surface area contributed by atoms with Crippen LogP contribution in [0.25, 0.3) is 17.2 Å². The molecule has 0 bridgehead atoms. The van der Waals surface area contributed by atoms with E-state index in [1.54, 1.807) is 13.0 Å². The van der Waals surface area contributed by atoms with E-state index in [1.165, 1.54) is 10.7 Å². The number of aryl methyl sites for hydroxylation is 1. The normalized spacial score (nSPS) is 15.8. The molecule has 29 heavy (non-hydrogen) atoms. The number of nitrogens with one attached hydrogen (secondary N) is 1. The molecule has 0 spiro atoms. The first kappa shape index (κ1) is 19.3. The highest BCUT2D eigenvalue weighted by Gasteiger charge is 2.49. The van der Waals surface area contributed by atoms with E-state index in [9.17, 15) is 18.0 Å². The molecule has 1 unspecified atom stereocenters. The van der Waals surface area contributed by atoms with Crippen molar-refractivity contribution in [2.75, 3.05) is 0 Å². The molecule has 0 aliphatic heterocycles. The van der Waals surface area contributed by atoms with Gasteiger partial charge in [0.05, 0.1) is 6.20 Å². The quantitative estimate of drug-likeness (QED) is 0.696. The molecule has 1 fully saturated rings. The molecule has 4 rings (SSSR count). The van der Waals surface area contributed by atoms with E-state index in [-0.39, 0.29) is 23.0 Å². The van der Waals surface area contributed by atoms with Gasteiger partial charge in [-0.1, -0.05) is 13.8 Å². The largest absolute Gasteiger partial charge is 0.419 e. The third kappa shape index (κ3) is 3.68. The van der Waals surface area contributed by atoms with Crippen molar-refractivity contribution >= 4 is 11.6 Å². The Bertz CT molecular complexity index is 1070. The number of halogens is 3. The lowest BCUT2D eigenvalue weighted by molar-refractivity contribution is -0.158. The second kappa shape index (κ2) is 6.82. The van der Waals surface area contributed by atoms with Gasteiger partial charge in [-0.2, -0.15) is 18.3 Å². The highest BCUT2D eigenvalue weighted by atomic mass is 19.4. The van der Waals surface area contributed by atoms with Gasteiger partial charge in [-0.15, -0.1) is 10.2 Å². The van der Waals surface area contributed by atoms with Gasteiger partial charge < -0.3 is 9.73 Å². The van der Waals surface area contributed by atoms with Gasteiger partial charge in [-0.3, -0.25) is 4.79 Å². The smallest absolute Gasteiger partial charge is 0.408 e. The van der Waals surface area contributed by atoms with E-state index in [4.69, 9.17) is 4.42 Å². The molecule has 3 heterocycles. The van der Waals surface area contributed by atoms with E-state index in [2.05, 4.69) is 25.6 Å². The Morgan fingerprint density at radius 3 is 2.62 bits per heavy atom. The molecule has 1 N–H and O–H groups in total. The van der Waals surface area contributed by atoms with Crippen LogP contribution in [-0.2, 0) is 0 Å². The summed E-state index contributed by atoms with van der Waals surface area (Å²) >= 11 is 0. The number of hydrogen-bond acceptors (Lipinski definition) is 6. The molecule has 1 amide bonds. The summed E-state index contributed by atoms with van der Waals surface area (Å²) < 4.78 is 46.8. The molecule has 3 aromatic heterocycles. The monoisotopic (exact) mass is 408 g/mol. The molecule has 1 aliphatic carbocycles. The van der Waals surface area contributed by atoms with Gasteiger partial charge in [0.15, 0.2) is 5.65 Å². The van der Waals surface area contributed by atoms with Crippen molar-refractivity contribution in [3.63, 3.8) is 0 Å². The average molecular weight is 408 g/mol. The molecule has 3 aromatic rings. The third-order valence-corrected chi connectivity index (χ3v) is 4.78. The number of alkyl halides is 3. The number of carbonyl (C=O) groups excluding carboxylic acids is 1. The Labute approximate surface area is 163 Å². The van der Waals surface area contributed by atoms with Crippen molar-refractivity contribution in [1.29, 1.82) is 0 Å². The summed E-state index contributed by atoms with van der Waals surface area (Å²) in [7, 11) is 0. The lowest BCUT2D eigenvalue weighted by Gasteiger charge is -2.20. The molecular weight excluding hydrogens is 389 g/mol. The van der Waals surface area contributed by atoms with Crippen LogP contribution in [-0.4, -0.2) is 42.9 Å². The van der Waals surface area contributed by atoms with Gasteiger partial charge in [-0.05, 0) is 31.7 Å². The van der Waals surface area contributed by atoms with Crippen LogP contribution in [0.4, 0.5) is 13.2 Å². The Kier molecular flexibility index (Phi) is 4.55. The number of rotatable bonds is 5. The van der Waals surface area contributed by atoms with E-state index in [0.717, 1.165) is 0 Å². The minimum atomic E-state index is -4.51. The predicted molar refractivity (Wildman–Crippen MR) is 95.1 cm³/mol. The van der Waals surface area contributed by atoms with Gasteiger partial charge in [-0.25, -0.2) is 9.50 Å². The van der Waals surface area contributed by atoms with E-state index in [1.807, 2.05) is 13.8 Å². The van der Waals surface area contributed by atoms with Crippen molar-refractivity contribution < 1.29 is 22.4 Å². The molecule has 0 aromatic carbocycles. The van der Waals surface area contributed by atoms with Crippen LogP contribution in [0.2, 0.25) is 0 Å². The summed E-state index contributed by atoms with van der Waals surface area (Å²) in [5.41, 5.74) is 1.01. The molecular formula is C18H19F3N6O2. The molecule has 1 atom stereocenters. The number of hydrogen-bond donors (Lipinski definition) is 1. The minimum absolute atomic E-state index is 0.0270. The number of nitrogens with zero attached hydrogens (tertiary/aromatic N) is 5. The summed E-state index contributed by atoms with van der Waals surface area (Å²) in [6.07, 6.45) is -2.42. The topological polar surface area (TPSA) is 98.2 Å². The van der Waals surface area contributed by atoms with E-state index >= 15 is 0 Å². The number of fused-ring (bicyclic) bond motifs is 1. The summed E-state index contributed by atoms with van der Waals surface area (Å²) in [6, 6.07) is -0.221. The molecule has 0 saturated heterocycles. The Morgan fingerprint density at radius 2 is 2.03 bits per heavy atom. The first-order valence-electron chi connectivity index (χ1n) is 9.22. The molecule has 8 nitrogen and oxygen atoms in total. The van der Waals surface area contributed by atoms with Crippen molar-refractivity contribution in [1.82, 2.24) is 30.1 Å². The van der Waals surface area contributed by atoms with Crippen LogP contribution < -0.4 is 5.32 Å². The summed E-state index contributed by atoms with van der Waals surface area (Å²) in [5, 5.41) is 14.1. The van der Waals surface area contributed by atoms with Gasteiger partial charge in [0.25, 0.3) is 11.8 Å². The summed E-state index contributed by atoms with van der Waals surface area (Å²) in [6.45, 7) is 5.53. The minimum Gasteiger partial charge on any atom is -0.419 e. The average Bonchev–Trinajstić information content (AvgIpc) is 3.17. The van der Waals surface area contributed by atoms with E-state index in [0.29, 0.717) is 30.1 Å². The van der Waals surface area contributed by atoms with Crippen LogP contribution in [0.1, 0.15) is 54.5 Å². The van der Waals surface area contributed by atoms with Crippen molar-refractivity contribution in [2.24, 2.45) is 5.92 Å². The first-order chi connectivity index (χ1) is 13.6. The maximum atomic E-state index is 13.3. The van der Waals surface area contributed by atoms with E-state index < -0.39 is 24.0 Å². The number of amides is 1. The maximum Gasteiger partial charge on any atom is 0.408 e. The predicted octanol–water partition coefficient (Wildman–Crippen LogP) is 3.28. The second-order valence-electron chi connectivity index (χ2n) is 7.51. The summed E-state index contributed by atoms with van der Waals surface area (Å²) in [4.78, 5) is 17.0. The van der Waals surface area contributed by atoms with Crippen LogP contribution in [0.3, 0.4) is 0 Å². The maximum absolute atomic E-state index is 13.3. The number of carbonyl (C=O) groups is 1. The van der Waals surface area contributed by atoms with Crippen LogP contribution in [0.5, 0.6) is 0 Å². The molecule has 154 valence electrons. The van der Waals surface area contributed by atoms with Gasteiger partial charge in [0.2, 0.25) is 5.89 Å². The van der Waals surface area contributed by atoms with Crippen LogP contribution >= 0.6 is 0 Å². The molecule has 1 aliphatic rings. The molecule has 0 radical (unpaired) electrons. The molecule has 1 saturated carbocycles. The van der Waals surface area contributed by atoms with Gasteiger partial charge in [0, 0.05) is 11.6 Å². The lowest BCUT2D eigenvalue weighted by Crippen LogP contribution is -2.46. The van der Waals surface area contributed by atoms with Gasteiger partial charge >= 0.3 is 6.18 Å². The summed E-state index contributed by atoms with van der Waals surface area (Å²) in [5.74, 6) is -0.828. The highest BCUT2D eigenvalue weighted by molar-refractivity contribution is 6.00. The fraction of sp³-hybridized carbons (Fsp3) is 0.500. The lowest BCUT2D eigenvalue weighted by atomic mass is 10.1. The molecule has 11 heteroatoms. The van der Waals surface area contributed by atoms with Crippen molar-refractivity contribution in [3.8, 4) is 11.6 Å². The zero-order valence-electron chi connectivity index (χ0n) is 16.0. The second-order valence-corrected chi connectivity index (χ2v) is 7.51. The van der Waals surface area contributed by atoms with Gasteiger partial charge in [0.1, 0.15) is 17.3 Å². The van der Waals surface area contributed by atoms with Crippen molar-refractivity contribution in [2.45, 2.75) is 51.7 Å². The SMILES string of the molecule is Cc1cc(-c2nnc(C(C)C)o2)nc2c(C(=O)NC(C3CC3)C(F)(F)F)cnn12. The first-order valence-corrected chi connectivity index (χ1v) is 9.22. The standard InChI is InChI=1S/C18H19F3N6O2/c1-8(2)16-25-26-17(29-16)12-6-9(3)27-14(23-12)11(7-22-27)15(28)24-13(10-4-5-10)18(19,20)21/h6-8,10,13H,4-5H2,1-3H3,(H,24,28). The fourth-order valence-corrected chi connectivity index (χ4v) is 3.07. The zero-order chi connectivity index (χ0) is 20.9. The Morgan fingerprint density at radius 1 is 1.31 bits per heavy atom.